The number of carbonyl (C=O) groups excluding carboxylic acids is 1. The van der Waals surface area contributed by atoms with Crippen molar-refractivity contribution in [2.24, 2.45) is 4.99 Å². The summed E-state index contributed by atoms with van der Waals surface area (Å²) in [5, 5.41) is 6.02. The largest absolute Gasteiger partial charge is 0.394 e. The maximum absolute atomic E-state index is 14.7. The quantitative estimate of drug-likeness (QED) is 0.307. The van der Waals surface area contributed by atoms with Crippen LogP contribution < -0.4 is 15.4 Å². The second-order valence-corrected chi connectivity index (χ2v) is 11.8. The Morgan fingerprint density at radius 3 is 2.83 bits per heavy atom. The lowest BCUT2D eigenvalue weighted by molar-refractivity contribution is -0.128. The molecule has 4 heterocycles. The molecule has 3 N–H and O–H groups in total. The zero-order valence-electron chi connectivity index (χ0n) is 25.7. The summed E-state index contributed by atoms with van der Waals surface area (Å²) in [6, 6.07) is 3.29. The Morgan fingerprint density at radius 1 is 1.36 bits per heavy atom. The second-order valence-electron chi connectivity index (χ2n) is 10.1. The van der Waals surface area contributed by atoms with Crippen LogP contribution in [0.15, 0.2) is 41.5 Å². The minimum absolute atomic E-state index is 0.0933. The molecular formula is C27H32F4N6O4S. The number of rotatable bonds is 8. The van der Waals surface area contributed by atoms with Crippen LogP contribution in [0.3, 0.4) is 0 Å². The van der Waals surface area contributed by atoms with Crippen molar-refractivity contribution in [3.8, 4) is 11.8 Å². The highest BCUT2D eigenvalue weighted by atomic mass is 32.2. The molecule has 1 amide bonds. The average molecular weight is 616 g/mol. The van der Waals surface area contributed by atoms with E-state index in [9.17, 15) is 30.8 Å². The summed E-state index contributed by atoms with van der Waals surface area (Å²) >= 11 is 0. The van der Waals surface area contributed by atoms with E-state index >= 15 is 0 Å². The minimum Gasteiger partial charge on any atom is -0.378 e. The number of aliphatic imine (C=N–C) groups is 1. The van der Waals surface area contributed by atoms with Crippen LogP contribution in [-0.2, 0) is 26.0 Å². The second kappa shape index (κ2) is 12.8. The van der Waals surface area contributed by atoms with E-state index in [0.29, 0.717) is 24.2 Å². The van der Waals surface area contributed by atoms with Gasteiger partial charge in [-0.25, -0.2) is 22.5 Å². The van der Waals surface area contributed by atoms with Gasteiger partial charge in [-0.2, -0.15) is 13.2 Å². The third kappa shape index (κ3) is 8.09. The van der Waals surface area contributed by atoms with E-state index in [1.54, 1.807) is 16.9 Å². The molecule has 1 fully saturated rings. The van der Waals surface area contributed by atoms with Crippen LogP contribution in [0.1, 0.15) is 21.8 Å². The molecule has 228 valence electrons. The number of anilines is 1. The van der Waals surface area contributed by atoms with Crippen LogP contribution in [0.4, 0.5) is 23.2 Å². The third-order valence-electron chi connectivity index (χ3n) is 6.69. The van der Waals surface area contributed by atoms with E-state index in [0.717, 1.165) is 6.26 Å². The van der Waals surface area contributed by atoms with Crippen molar-refractivity contribution in [2.75, 3.05) is 45.3 Å². The highest BCUT2D eigenvalue weighted by Gasteiger charge is 2.32. The first-order valence-electron chi connectivity index (χ1n) is 14.4. The van der Waals surface area contributed by atoms with Crippen LogP contribution in [0.5, 0.6) is 0 Å². The maximum Gasteiger partial charge on any atom is 0.394 e. The van der Waals surface area contributed by atoms with Gasteiger partial charge in [-0.3, -0.25) is 10.1 Å². The van der Waals surface area contributed by atoms with Crippen molar-refractivity contribution in [3.63, 3.8) is 0 Å². The molecular weight excluding hydrogens is 580 g/mol. The minimum atomic E-state index is -4.55. The highest BCUT2D eigenvalue weighted by Crippen LogP contribution is 2.30. The first-order valence-corrected chi connectivity index (χ1v) is 14.7. The molecule has 2 aliphatic heterocycles. The average Bonchev–Trinajstić information content (AvgIpc) is 3.23. The molecule has 42 heavy (non-hydrogen) atoms. The van der Waals surface area contributed by atoms with Crippen molar-refractivity contribution in [3.05, 3.63) is 47.8 Å². The summed E-state index contributed by atoms with van der Waals surface area (Å²) in [7, 11) is -5.03. The van der Waals surface area contributed by atoms with Gasteiger partial charge < -0.3 is 19.4 Å². The molecule has 2 unspecified atom stereocenters. The van der Waals surface area contributed by atoms with Crippen LogP contribution in [0.25, 0.3) is 5.52 Å². The molecule has 0 radical (unpaired) electrons. The van der Waals surface area contributed by atoms with Gasteiger partial charge in [0, 0.05) is 37.6 Å². The first-order chi connectivity index (χ1) is 20.9. The number of hydrogen-bond acceptors (Lipinski definition) is 8. The Balaban J connectivity index is 1.56. The molecule has 15 heteroatoms. The topological polar surface area (TPSA) is 117 Å². The monoisotopic (exact) mass is 615 g/mol. The van der Waals surface area contributed by atoms with Gasteiger partial charge in [0.25, 0.3) is 5.91 Å². The molecule has 0 bridgehead atoms. The summed E-state index contributed by atoms with van der Waals surface area (Å²) in [5.41, 5.74) is 0.461. The fraction of sp³-hybridized carbons (Fsp3) is 0.481. The number of alkyl halides is 4. The number of nitrogens with zero attached hydrogens (tertiary/aromatic N) is 3. The van der Waals surface area contributed by atoms with Gasteiger partial charge >= 0.3 is 6.18 Å². The van der Waals surface area contributed by atoms with E-state index in [2.05, 4.69) is 27.5 Å². The number of dihydropyridines is 1. The number of aromatic nitrogens is 1. The van der Waals surface area contributed by atoms with E-state index in [4.69, 9.17) is 8.85 Å². The molecule has 0 spiro atoms. The van der Waals surface area contributed by atoms with E-state index in [-0.39, 0.29) is 30.1 Å². The van der Waals surface area contributed by atoms with Gasteiger partial charge in [-0.05, 0) is 37.7 Å². The first kappa shape index (κ1) is 27.4. The highest BCUT2D eigenvalue weighted by molar-refractivity contribution is 7.89. The van der Waals surface area contributed by atoms with Crippen molar-refractivity contribution < 1.29 is 39.6 Å². The lowest BCUT2D eigenvalue weighted by atomic mass is 10.0. The summed E-state index contributed by atoms with van der Waals surface area (Å²) in [5.74, 6) is 4.39. The normalized spacial score (nSPS) is 24.6. The molecule has 1 saturated heterocycles. The molecule has 0 saturated carbocycles. The number of ether oxygens (including phenoxy) is 1. The zero-order valence-corrected chi connectivity index (χ0v) is 23.5. The van der Waals surface area contributed by atoms with E-state index < -0.39 is 60.0 Å². The van der Waals surface area contributed by atoms with Crippen LogP contribution in [0.2, 0.25) is 0 Å². The standard InChI is InChI=1S/C27H32F4N6O4S/c1-36-13-10-19(18(28)16-36)33-20-7-5-12-37-23(20)14-17(24(37)15-27(29,30)31)6-4-11-32-22-9-8-21(34-26(22)41-2)25(38)35-42(3,39)40/h5,7-9,12,14,18-19,22,26,32-33H,10-11,13,15-16H2,1-3H3,(H,35,38)/t18-,19+,22?,26?/m0/s1/i2D3. The van der Waals surface area contributed by atoms with Crippen molar-refractivity contribution in [2.45, 2.75) is 43.5 Å². The number of carbonyl (C=O) groups is 1. The maximum atomic E-state index is 14.7. The number of piperidine rings is 1. The lowest BCUT2D eigenvalue weighted by Crippen LogP contribution is -2.46. The van der Waals surface area contributed by atoms with Gasteiger partial charge in [-0.1, -0.05) is 17.9 Å². The number of pyridine rings is 1. The summed E-state index contributed by atoms with van der Waals surface area (Å²) in [6.07, 6.45) is -3.19. The predicted octanol–water partition coefficient (Wildman–Crippen LogP) is 1.87. The van der Waals surface area contributed by atoms with Crippen molar-refractivity contribution >= 4 is 32.8 Å². The van der Waals surface area contributed by atoms with Crippen LogP contribution >= 0.6 is 0 Å². The third-order valence-corrected chi connectivity index (χ3v) is 7.24. The number of halogens is 4. The smallest absolute Gasteiger partial charge is 0.378 e. The fourth-order valence-corrected chi connectivity index (χ4v) is 5.20. The summed E-state index contributed by atoms with van der Waals surface area (Å²) < 4.78 is 109. The lowest BCUT2D eigenvalue weighted by Gasteiger charge is -2.33. The van der Waals surface area contributed by atoms with Gasteiger partial charge in [0.2, 0.25) is 10.0 Å². The number of nitrogens with one attached hydrogen (secondary N) is 3. The van der Waals surface area contributed by atoms with Gasteiger partial charge in [0.05, 0.1) is 46.6 Å². The van der Waals surface area contributed by atoms with Crippen LogP contribution in [-0.4, -0.2) is 100.0 Å². The molecule has 2 aromatic rings. The van der Waals surface area contributed by atoms with Crippen molar-refractivity contribution in [1.82, 2.24) is 19.3 Å². The molecule has 2 aliphatic rings. The van der Waals surface area contributed by atoms with Gasteiger partial charge in [0.15, 0.2) is 6.23 Å². The number of hydrogen-bond donors (Lipinski definition) is 3. The Kier molecular flexibility index (Phi) is 8.36. The Labute approximate surface area is 245 Å². The zero-order chi connectivity index (χ0) is 33.2. The molecule has 4 atom stereocenters. The van der Waals surface area contributed by atoms with Gasteiger partial charge in [-0.15, -0.1) is 0 Å². The Hall–Kier alpha value is -3.45. The predicted molar refractivity (Wildman–Crippen MR) is 151 cm³/mol. The van der Waals surface area contributed by atoms with Crippen LogP contribution in [0, 0.1) is 11.8 Å². The molecule has 2 aromatic heterocycles. The molecule has 0 aromatic carbocycles. The summed E-state index contributed by atoms with van der Waals surface area (Å²) in [6.45, 7) is 0.748. The SMILES string of the molecule is [2H]C([2H])([2H])OC1N=C(C(=O)NS(C)(=O)=O)C=CC1NCC#Cc1cc2c(N[C@@H]3CCN(C)C[C@@H]3F)cccn2c1CC(F)(F)F. The number of likely N-dealkylation sites (tertiary alicyclic amines) is 1. The Morgan fingerprint density at radius 2 is 2.14 bits per heavy atom. The molecule has 0 aliphatic carbocycles. The van der Waals surface area contributed by atoms with Gasteiger partial charge in [0.1, 0.15) is 11.9 Å². The number of sulfonamides is 1. The fourth-order valence-electron chi connectivity index (χ4n) is 4.75. The van der Waals surface area contributed by atoms with Crippen molar-refractivity contribution in [1.29, 1.82) is 0 Å². The van der Waals surface area contributed by atoms with E-state index in [1.165, 1.54) is 28.8 Å². The number of fused-ring (bicyclic) bond motifs is 1. The summed E-state index contributed by atoms with van der Waals surface area (Å²) in [4.78, 5) is 18.0. The number of methoxy groups -OCH3 is 1. The van der Waals surface area contributed by atoms with E-state index in [1.807, 2.05) is 11.9 Å². The Bertz CT molecular complexity index is 1650. The molecule has 10 nitrogen and oxygen atoms in total. The number of amides is 1. The molecule has 4 rings (SSSR count).